The molecule has 24 heavy (non-hydrogen) atoms. The number of hydrogen-bond acceptors (Lipinski definition) is 4. The van der Waals surface area contributed by atoms with Crippen molar-refractivity contribution >= 4 is 11.6 Å². The highest BCUT2D eigenvalue weighted by Gasteiger charge is 2.14. The van der Waals surface area contributed by atoms with Crippen molar-refractivity contribution in [2.45, 2.75) is 20.3 Å². The number of anilines is 1. The Kier molecular flexibility index (Phi) is 4.16. The van der Waals surface area contributed by atoms with Crippen molar-refractivity contribution < 1.29 is 4.79 Å². The summed E-state index contributed by atoms with van der Waals surface area (Å²) in [6.07, 6.45) is 1.95. The van der Waals surface area contributed by atoms with Crippen LogP contribution in [-0.2, 0) is 25.3 Å². The molecule has 0 unspecified atom stereocenters. The maximum Gasteiger partial charge on any atom is 0.228 e. The van der Waals surface area contributed by atoms with E-state index in [-0.39, 0.29) is 5.91 Å². The number of hydrogen-bond donors (Lipinski definition) is 1. The van der Waals surface area contributed by atoms with Gasteiger partial charge < -0.3 is 9.88 Å². The first-order valence-electron chi connectivity index (χ1n) is 7.69. The summed E-state index contributed by atoms with van der Waals surface area (Å²) in [7, 11) is 3.77. The minimum Gasteiger partial charge on any atom is -0.326 e. The van der Waals surface area contributed by atoms with Gasteiger partial charge in [0, 0.05) is 36.6 Å². The van der Waals surface area contributed by atoms with Gasteiger partial charge in [0.2, 0.25) is 5.91 Å². The predicted octanol–water partition coefficient (Wildman–Crippen LogP) is 2.01. The van der Waals surface area contributed by atoms with Gasteiger partial charge in [-0.3, -0.25) is 9.48 Å². The summed E-state index contributed by atoms with van der Waals surface area (Å²) in [6.45, 7) is 3.89. The molecule has 7 heteroatoms. The lowest BCUT2D eigenvalue weighted by atomic mass is 10.1. The number of carbonyl (C=O) groups is 1. The molecule has 0 saturated carbocycles. The zero-order chi connectivity index (χ0) is 17.3. The summed E-state index contributed by atoms with van der Waals surface area (Å²) in [5, 5.41) is 15.3. The van der Waals surface area contributed by atoms with Crippen LogP contribution in [0.25, 0.3) is 11.4 Å². The van der Waals surface area contributed by atoms with E-state index in [1.807, 2.05) is 56.8 Å². The molecule has 0 radical (unpaired) electrons. The molecule has 2 aromatic heterocycles. The highest BCUT2D eigenvalue weighted by atomic mass is 16.1. The second kappa shape index (κ2) is 6.27. The summed E-state index contributed by atoms with van der Waals surface area (Å²) in [4.78, 5) is 12.4. The second-order valence-electron chi connectivity index (χ2n) is 5.84. The van der Waals surface area contributed by atoms with Gasteiger partial charge in [-0.2, -0.15) is 5.10 Å². The Morgan fingerprint density at radius 2 is 2.04 bits per heavy atom. The van der Waals surface area contributed by atoms with Gasteiger partial charge in [-0.25, -0.2) is 0 Å². The molecule has 3 rings (SSSR count). The number of rotatable bonds is 4. The van der Waals surface area contributed by atoms with Crippen LogP contribution in [0.4, 0.5) is 5.69 Å². The number of nitrogens with zero attached hydrogens (tertiary/aromatic N) is 5. The molecule has 0 atom stereocenters. The summed E-state index contributed by atoms with van der Waals surface area (Å²) in [5.41, 5.74) is 4.51. The highest BCUT2D eigenvalue weighted by Crippen LogP contribution is 2.20. The number of aromatic nitrogens is 5. The van der Waals surface area contributed by atoms with Gasteiger partial charge in [-0.05, 0) is 26.0 Å². The molecule has 0 bridgehead atoms. The Balaban J connectivity index is 1.76. The Bertz CT molecular complexity index is 892. The molecule has 3 aromatic rings. The third kappa shape index (κ3) is 3.05. The Morgan fingerprint density at radius 3 is 2.67 bits per heavy atom. The Hall–Kier alpha value is -2.96. The lowest BCUT2D eigenvalue weighted by Crippen LogP contribution is -2.15. The van der Waals surface area contributed by atoms with Crippen LogP contribution in [0.15, 0.2) is 30.6 Å². The number of aryl methyl sites for hydroxylation is 3. The molecule has 1 N–H and O–H groups in total. The van der Waals surface area contributed by atoms with Gasteiger partial charge in [0.25, 0.3) is 0 Å². The van der Waals surface area contributed by atoms with Crippen molar-refractivity contribution in [1.29, 1.82) is 0 Å². The van der Waals surface area contributed by atoms with E-state index in [2.05, 4.69) is 20.6 Å². The normalized spacial score (nSPS) is 10.8. The van der Waals surface area contributed by atoms with Gasteiger partial charge >= 0.3 is 0 Å². The van der Waals surface area contributed by atoms with Crippen molar-refractivity contribution in [3.63, 3.8) is 0 Å². The van der Waals surface area contributed by atoms with E-state index in [1.165, 1.54) is 0 Å². The molecule has 0 saturated heterocycles. The smallest absolute Gasteiger partial charge is 0.228 e. The van der Waals surface area contributed by atoms with Crippen molar-refractivity contribution in [3.8, 4) is 11.4 Å². The molecular weight excluding hydrogens is 304 g/mol. The molecule has 7 nitrogen and oxygen atoms in total. The molecule has 1 amide bonds. The van der Waals surface area contributed by atoms with E-state index in [0.717, 1.165) is 34.0 Å². The summed E-state index contributed by atoms with van der Waals surface area (Å²) in [5.74, 6) is 0.689. The van der Waals surface area contributed by atoms with E-state index < -0.39 is 0 Å². The average molecular weight is 324 g/mol. The summed E-state index contributed by atoms with van der Waals surface area (Å²) < 4.78 is 3.63. The quantitative estimate of drug-likeness (QED) is 0.796. The molecule has 0 aliphatic heterocycles. The maximum atomic E-state index is 12.4. The number of carbonyl (C=O) groups excluding carboxylic acids is 1. The van der Waals surface area contributed by atoms with E-state index in [9.17, 15) is 4.79 Å². The highest BCUT2D eigenvalue weighted by molar-refractivity contribution is 5.93. The van der Waals surface area contributed by atoms with E-state index in [0.29, 0.717) is 6.42 Å². The lowest BCUT2D eigenvalue weighted by Gasteiger charge is -2.08. The van der Waals surface area contributed by atoms with Crippen molar-refractivity contribution in [3.05, 3.63) is 47.5 Å². The standard InChI is InChI=1S/C17H20N6O/c1-11-15(12(2)23(4)21-11)9-16(24)19-14-7-5-6-13(8-14)17-20-18-10-22(17)3/h5-8,10H,9H2,1-4H3,(H,19,24). The van der Waals surface area contributed by atoms with Crippen LogP contribution in [0.1, 0.15) is 17.0 Å². The fourth-order valence-corrected chi connectivity index (χ4v) is 2.72. The van der Waals surface area contributed by atoms with Gasteiger partial charge in [0.05, 0.1) is 12.1 Å². The third-order valence-corrected chi connectivity index (χ3v) is 4.11. The van der Waals surface area contributed by atoms with Crippen LogP contribution in [0.2, 0.25) is 0 Å². The molecule has 0 aliphatic rings. The first-order chi connectivity index (χ1) is 11.5. The van der Waals surface area contributed by atoms with Gasteiger partial charge in [-0.15, -0.1) is 10.2 Å². The Morgan fingerprint density at radius 1 is 1.25 bits per heavy atom. The molecule has 1 aromatic carbocycles. The number of amides is 1. The van der Waals surface area contributed by atoms with Gasteiger partial charge in [-0.1, -0.05) is 12.1 Å². The van der Waals surface area contributed by atoms with E-state index in [4.69, 9.17) is 0 Å². The molecule has 0 spiro atoms. The topological polar surface area (TPSA) is 77.6 Å². The van der Waals surface area contributed by atoms with Gasteiger partial charge in [0.1, 0.15) is 6.33 Å². The zero-order valence-electron chi connectivity index (χ0n) is 14.2. The first kappa shape index (κ1) is 15.9. The molecule has 2 heterocycles. The van der Waals surface area contributed by atoms with Crippen LogP contribution in [0.3, 0.4) is 0 Å². The number of benzene rings is 1. The van der Waals surface area contributed by atoms with Gasteiger partial charge in [0.15, 0.2) is 5.82 Å². The first-order valence-corrected chi connectivity index (χ1v) is 7.69. The zero-order valence-corrected chi connectivity index (χ0v) is 14.2. The monoisotopic (exact) mass is 324 g/mol. The SMILES string of the molecule is Cc1nn(C)c(C)c1CC(=O)Nc1cccc(-c2nncn2C)c1. The fraction of sp³-hybridized carbons (Fsp3) is 0.294. The van der Waals surface area contributed by atoms with Crippen LogP contribution in [-0.4, -0.2) is 30.5 Å². The second-order valence-corrected chi connectivity index (χ2v) is 5.84. The molecular formula is C17H20N6O. The maximum absolute atomic E-state index is 12.4. The minimum atomic E-state index is -0.0654. The fourth-order valence-electron chi connectivity index (χ4n) is 2.72. The summed E-state index contributed by atoms with van der Waals surface area (Å²) in [6, 6.07) is 7.58. The largest absolute Gasteiger partial charge is 0.326 e. The van der Waals surface area contributed by atoms with Crippen LogP contribution in [0.5, 0.6) is 0 Å². The van der Waals surface area contributed by atoms with Crippen molar-refractivity contribution in [2.75, 3.05) is 5.32 Å². The average Bonchev–Trinajstić information content (AvgIpc) is 3.06. The molecule has 0 fully saturated rings. The third-order valence-electron chi connectivity index (χ3n) is 4.11. The van der Waals surface area contributed by atoms with Crippen LogP contribution in [0, 0.1) is 13.8 Å². The predicted molar refractivity (Wildman–Crippen MR) is 91.5 cm³/mol. The lowest BCUT2D eigenvalue weighted by molar-refractivity contribution is -0.115. The van der Waals surface area contributed by atoms with Crippen molar-refractivity contribution in [1.82, 2.24) is 24.5 Å². The minimum absolute atomic E-state index is 0.0654. The van der Waals surface area contributed by atoms with E-state index in [1.54, 1.807) is 11.0 Å². The van der Waals surface area contributed by atoms with Crippen molar-refractivity contribution in [2.24, 2.45) is 14.1 Å². The summed E-state index contributed by atoms with van der Waals surface area (Å²) >= 11 is 0. The number of nitrogens with one attached hydrogen (secondary N) is 1. The van der Waals surface area contributed by atoms with Crippen LogP contribution < -0.4 is 5.32 Å². The molecule has 0 aliphatic carbocycles. The van der Waals surface area contributed by atoms with E-state index >= 15 is 0 Å². The van der Waals surface area contributed by atoms with Crippen LogP contribution >= 0.6 is 0 Å². The Labute approximate surface area is 140 Å². The molecule has 124 valence electrons.